The number of hydrogen-bond donors (Lipinski definition) is 1. The van der Waals surface area contributed by atoms with Gasteiger partial charge in [0.25, 0.3) is 5.91 Å². The zero-order valence-corrected chi connectivity index (χ0v) is 21.9. The van der Waals surface area contributed by atoms with E-state index in [-0.39, 0.29) is 53.0 Å². The molecule has 2 aliphatic rings. The highest BCUT2D eigenvalue weighted by atomic mass is 79.9. The summed E-state index contributed by atoms with van der Waals surface area (Å²) in [6.07, 6.45) is -4.30. The number of piperidine rings is 1. The number of halogens is 6. The molecule has 0 unspecified atom stereocenters. The van der Waals surface area contributed by atoms with Crippen molar-refractivity contribution < 1.29 is 26.7 Å². The van der Waals surface area contributed by atoms with Crippen molar-refractivity contribution in [2.24, 2.45) is 4.99 Å². The minimum atomic E-state index is -4.72. The Bertz CT molecular complexity index is 1530. The van der Waals surface area contributed by atoms with Gasteiger partial charge in [0.05, 0.1) is 16.3 Å². The lowest BCUT2D eigenvalue weighted by atomic mass is 9.83. The van der Waals surface area contributed by atoms with Crippen LogP contribution in [-0.2, 0) is 11.0 Å². The van der Waals surface area contributed by atoms with E-state index in [1.165, 1.54) is 18.2 Å². The van der Waals surface area contributed by atoms with Gasteiger partial charge in [-0.05, 0) is 49.7 Å². The van der Waals surface area contributed by atoms with Crippen LogP contribution in [0.5, 0.6) is 0 Å². The number of nitrogens with one attached hydrogen (secondary N) is 1. The number of hydrogen-bond acceptors (Lipinski definition) is 6. The smallest absolute Gasteiger partial charge is 0.367 e. The zero-order chi connectivity index (χ0) is 27.4. The molecule has 4 heterocycles. The monoisotopic (exact) mass is 609 g/mol. The first-order valence-electron chi connectivity index (χ1n) is 11.3. The van der Waals surface area contributed by atoms with Crippen LogP contribution in [0.2, 0.25) is 0 Å². The van der Waals surface area contributed by atoms with Crippen molar-refractivity contribution in [2.75, 3.05) is 11.4 Å². The van der Waals surface area contributed by atoms with Gasteiger partial charge in [-0.25, -0.2) is 9.37 Å². The first-order valence-corrected chi connectivity index (χ1v) is 12.9. The van der Waals surface area contributed by atoms with Gasteiger partial charge in [0, 0.05) is 29.0 Å². The van der Waals surface area contributed by atoms with E-state index in [1.54, 1.807) is 6.07 Å². The van der Waals surface area contributed by atoms with E-state index in [1.807, 2.05) is 17.9 Å². The molecule has 1 N–H and O–H groups in total. The van der Waals surface area contributed by atoms with Gasteiger partial charge in [0.15, 0.2) is 5.13 Å². The molecule has 0 aliphatic carbocycles. The summed E-state index contributed by atoms with van der Waals surface area (Å²) in [4.78, 5) is 23.6. The van der Waals surface area contributed by atoms with E-state index in [2.05, 4.69) is 31.2 Å². The van der Waals surface area contributed by atoms with Crippen LogP contribution in [0, 0.1) is 22.3 Å². The first-order chi connectivity index (χ1) is 17.9. The lowest BCUT2D eigenvalue weighted by Gasteiger charge is -2.42. The number of thiophene rings is 1. The van der Waals surface area contributed by atoms with E-state index < -0.39 is 34.3 Å². The van der Waals surface area contributed by atoms with Gasteiger partial charge in [-0.3, -0.25) is 9.79 Å². The lowest BCUT2D eigenvalue weighted by molar-refractivity contribution is -0.141. The Kier molecular flexibility index (Phi) is 6.51. The molecule has 5 rings (SSSR count). The van der Waals surface area contributed by atoms with E-state index >= 15 is 0 Å². The summed E-state index contributed by atoms with van der Waals surface area (Å²) in [5.41, 5.74) is -2.10. The molecule has 0 bridgehead atoms. The number of carbonyl (C=O) groups is 1. The minimum absolute atomic E-state index is 0.0481. The van der Waals surface area contributed by atoms with E-state index in [0.29, 0.717) is 21.5 Å². The fraction of sp³-hybridized carbons (Fsp3) is 0.280. The Balaban J connectivity index is 1.51. The van der Waals surface area contributed by atoms with Gasteiger partial charge >= 0.3 is 6.18 Å². The Labute approximate surface area is 225 Å². The maximum atomic E-state index is 14.4. The molecular weight excluding hydrogens is 593 g/mol. The number of nitrogens with zero attached hydrogens (tertiary/aromatic N) is 4. The number of pyridine rings is 1. The van der Waals surface area contributed by atoms with Crippen molar-refractivity contribution in [2.45, 2.75) is 37.5 Å². The molecule has 1 saturated heterocycles. The van der Waals surface area contributed by atoms with Crippen LogP contribution in [-0.4, -0.2) is 34.9 Å². The predicted octanol–water partition coefficient (Wildman–Crippen LogP) is 6.05. The molecule has 0 radical (unpaired) electrons. The molecule has 2 aromatic heterocycles. The van der Waals surface area contributed by atoms with Crippen molar-refractivity contribution in [3.8, 4) is 16.6 Å². The number of amides is 1. The first kappa shape index (κ1) is 26.2. The Morgan fingerprint density at radius 3 is 2.63 bits per heavy atom. The van der Waals surface area contributed by atoms with Crippen molar-refractivity contribution in [1.82, 2.24) is 10.3 Å². The van der Waals surface area contributed by atoms with Crippen LogP contribution >= 0.6 is 27.3 Å². The highest BCUT2D eigenvalue weighted by Crippen LogP contribution is 2.40. The van der Waals surface area contributed by atoms with E-state index in [0.717, 1.165) is 12.1 Å². The molecule has 0 saturated carbocycles. The molecular formula is C25H17BrF5N5OS. The molecule has 13 heteroatoms. The molecule has 3 aromatic rings. The summed E-state index contributed by atoms with van der Waals surface area (Å²) in [5, 5.41) is 11.6. The van der Waals surface area contributed by atoms with Gasteiger partial charge in [-0.15, -0.1) is 11.3 Å². The second kappa shape index (κ2) is 9.43. The molecule has 6 nitrogen and oxygen atoms in total. The van der Waals surface area contributed by atoms with Crippen LogP contribution < -0.4 is 10.2 Å². The third-order valence-corrected chi connectivity index (χ3v) is 7.95. The highest BCUT2D eigenvalue weighted by molar-refractivity contribution is 9.10. The number of benzene rings is 1. The maximum Gasteiger partial charge on any atom is 0.433 e. The topological polar surface area (TPSA) is 81.4 Å². The zero-order valence-electron chi connectivity index (χ0n) is 19.5. The minimum Gasteiger partial charge on any atom is -0.367 e. The van der Waals surface area contributed by atoms with Crippen LogP contribution in [0.15, 0.2) is 45.9 Å². The standard InChI is InChI=1S/C25H17BrF5N5OS/c1-12-10-24(6-7-36(12)17-9-13(26)8-16(27)15(17)11-32)23(37)34-22(35-24)14-2-4-19(25(29,30)31)33-21(14)18-3-5-20(28)38-18/h2-5,8-9,12H,6-7,10H2,1H3,(H,34,35,37)/t12-,24+/m0/s1. The third-order valence-electron chi connectivity index (χ3n) is 6.61. The second-order valence-electron chi connectivity index (χ2n) is 9.03. The lowest BCUT2D eigenvalue weighted by Crippen LogP contribution is -2.53. The molecule has 38 heavy (non-hydrogen) atoms. The van der Waals surface area contributed by atoms with Crippen molar-refractivity contribution in [3.05, 3.63) is 68.6 Å². The van der Waals surface area contributed by atoms with Crippen molar-refractivity contribution in [3.63, 3.8) is 0 Å². The van der Waals surface area contributed by atoms with E-state index in [9.17, 15) is 32.0 Å². The largest absolute Gasteiger partial charge is 0.433 e. The predicted molar refractivity (Wildman–Crippen MR) is 135 cm³/mol. The molecule has 2 atom stereocenters. The average Bonchev–Trinajstić information content (AvgIpc) is 3.41. The number of nitriles is 1. The second-order valence-corrected chi connectivity index (χ2v) is 11.0. The van der Waals surface area contributed by atoms with Crippen molar-refractivity contribution in [1.29, 1.82) is 5.26 Å². The third kappa shape index (κ3) is 4.56. The SMILES string of the molecule is C[C@H]1C[C@@]2(CCN1c1cc(Br)cc(F)c1C#N)N=C(c1ccc(C(F)(F)F)nc1-c1ccc(F)s1)NC2=O. The number of amidine groups is 1. The van der Waals surface area contributed by atoms with Gasteiger partial charge in [-0.1, -0.05) is 15.9 Å². The fourth-order valence-electron chi connectivity index (χ4n) is 4.87. The van der Waals surface area contributed by atoms with Crippen LogP contribution in [0.25, 0.3) is 10.6 Å². The molecule has 1 aromatic carbocycles. The number of rotatable bonds is 3. The van der Waals surface area contributed by atoms with Gasteiger partial charge in [0.1, 0.15) is 34.5 Å². The van der Waals surface area contributed by atoms with Gasteiger partial charge in [-0.2, -0.15) is 22.8 Å². The Hall–Kier alpha value is -3.37. The molecule has 1 amide bonds. The molecule has 196 valence electrons. The molecule has 2 aliphatic heterocycles. The van der Waals surface area contributed by atoms with Gasteiger partial charge < -0.3 is 10.2 Å². The maximum absolute atomic E-state index is 14.4. The summed E-state index contributed by atoms with van der Waals surface area (Å²) in [5.74, 6) is -1.05. The fourth-order valence-corrected chi connectivity index (χ4v) is 6.02. The summed E-state index contributed by atoms with van der Waals surface area (Å²) in [7, 11) is 0. The van der Waals surface area contributed by atoms with Crippen LogP contribution in [0.4, 0.5) is 27.6 Å². The van der Waals surface area contributed by atoms with Crippen LogP contribution in [0.3, 0.4) is 0 Å². The summed E-state index contributed by atoms with van der Waals surface area (Å²) in [6, 6.07) is 8.80. The number of carbonyl (C=O) groups excluding carboxylic acids is 1. The number of aromatic nitrogens is 1. The Morgan fingerprint density at radius 1 is 1.24 bits per heavy atom. The summed E-state index contributed by atoms with van der Waals surface area (Å²) in [6.45, 7) is 2.09. The quantitative estimate of drug-likeness (QED) is 0.367. The summed E-state index contributed by atoms with van der Waals surface area (Å²) >= 11 is 3.88. The average molecular weight is 610 g/mol. The van der Waals surface area contributed by atoms with Crippen LogP contribution in [0.1, 0.15) is 36.6 Å². The highest BCUT2D eigenvalue weighted by Gasteiger charge is 2.49. The number of alkyl halides is 3. The molecule has 1 spiro atoms. The van der Waals surface area contributed by atoms with Gasteiger partial charge in [0.2, 0.25) is 0 Å². The summed E-state index contributed by atoms with van der Waals surface area (Å²) < 4.78 is 68.8. The Morgan fingerprint density at radius 2 is 2.00 bits per heavy atom. The number of anilines is 1. The van der Waals surface area contributed by atoms with E-state index in [4.69, 9.17) is 0 Å². The number of aliphatic imine (C=N–C) groups is 1. The van der Waals surface area contributed by atoms with Crippen molar-refractivity contribution >= 4 is 44.7 Å². The normalized spacial score (nSPS) is 21.4. The molecule has 1 fully saturated rings.